The summed E-state index contributed by atoms with van der Waals surface area (Å²) < 4.78 is 0. The molecular weight excluding hydrogens is 379 g/mol. The van der Waals surface area contributed by atoms with Crippen molar-refractivity contribution in [2.24, 2.45) is 0 Å². The first-order valence-corrected chi connectivity index (χ1v) is 7.76. The average Bonchev–Trinajstić information content (AvgIpc) is 3.15. The third-order valence-electron chi connectivity index (χ3n) is 4.78. The summed E-state index contributed by atoms with van der Waals surface area (Å²) in [5.41, 5.74) is 8.43. The van der Waals surface area contributed by atoms with E-state index in [-0.39, 0.29) is 41.1 Å². The van der Waals surface area contributed by atoms with E-state index in [9.17, 15) is 0 Å². The normalized spacial score (nSPS) is 10.9. The fourth-order valence-corrected chi connectivity index (χ4v) is 3.73. The van der Waals surface area contributed by atoms with Crippen LogP contribution in [0.4, 0.5) is 0 Å². The third-order valence-corrected chi connectivity index (χ3v) is 4.78. The van der Waals surface area contributed by atoms with Gasteiger partial charge >= 0.3 is 26.2 Å². The SMILES string of the molecule is [CH3-].[CH3-].[Zr+3].c1ccc2c(c1)Cc1c(-c3cc4ccccc4[cH-]3)cccc1-2. The number of rotatable bonds is 1. The zero-order valence-electron chi connectivity index (χ0n) is 14.7. The zero-order chi connectivity index (χ0) is 14.5. The molecule has 121 valence electrons. The first-order valence-electron chi connectivity index (χ1n) is 7.76. The summed E-state index contributed by atoms with van der Waals surface area (Å²) in [6.45, 7) is 0. The van der Waals surface area contributed by atoms with E-state index in [1.54, 1.807) is 0 Å². The van der Waals surface area contributed by atoms with Gasteiger partial charge in [-0.1, -0.05) is 71.8 Å². The van der Waals surface area contributed by atoms with Crippen LogP contribution in [0.25, 0.3) is 33.0 Å². The second-order valence-electron chi connectivity index (χ2n) is 6.04. The van der Waals surface area contributed by atoms with Crippen LogP contribution in [0.5, 0.6) is 0 Å². The van der Waals surface area contributed by atoms with Gasteiger partial charge in [0.1, 0.15) is 0 Å². The average molecular weight is 401 g/mol. The minimum absolute atomic E-state index is 0. The van der Waals surface area contributed by atoms with E-state index in [1.807, 2.05) is 0 Å². The van der Waals surface area contributed by atoms with Crippen LogP contribution in [0.1, 0.15) is 11.1 Å². The molecule has 0 unspecified atom stereocenters. The Kier molecular flexibility index (Phi) is 5.91. The summed E-state index contributed by atoms with van der Waals surface area (Å²) in [7, 11) is 0. The van der Waals surface area contributed by atoms with Crippen LogP contribution in [0, 0.1) is 14.9 Å². The summed E-state index contributed by atoms with van der Waals surface area (Å²) in [4.78, 5) is 0. The van der Waals surface area contributed by atoms with Crippen molar-refractivity contribution in [1.29, 1.82) is 0 Å². The molecule has 0 saturated heterocycles. The van der Waals surface area contributed by atoms with Gasteiger partial charge in [0.15, 0.2) is 0 Å². The molecule has 0 atom stereocenters. The van der Waals surface area contributed by atoms with Gasteiger partial charge in [-0.3, -0.25) is 0 Å². The van der Waals surface area contributed by atoms with E-state index in [0.717, 1.165) is 6.42 Å². The van der Waals surface area contributed by atoms with Crippen LogP contribution in [0.2, 0.25) is 0 Å². The number of benzene rings is 3. The van der Waals surface area contributed by atoms with Crippen LogP contribution in [-0.2, 0) is 32.6 Å². The van der Waals surface area contributed by atoms with Crippen molar-refractivity contribution in [2.45, 2.75) is 6.42 Å². The topological polar surface area (TPSA) is 0 Å². The molecule has 0 heterocycles. The molecule has 0 saturated carbocycles. The van der Waals surface area contributed by atoms with Crippen molar-refractivity contribution >= 4 is 10.8 Å². The van der Waals surface area contributed by atoms with Crippen LogP contribution < -0.4 is 0 Å². The van der Waals surface area contributed by atoms with Crippen molar-refractivity contribution in [3.63, 3.8) is 0 Å². The van der Waals surface area contributed by atoms with Crippen molar-refractivity contribution in [2.75, 3.05) is 0 Å². The predicted molar refractivity (Wildman–Crippen MR) is 106 cm³/mol. The van der Waals surface area contributed by atoms with Crippen molar-refractivity contribution in [3.8, 4) is 22.3 Å². The third kappa shape index (κ3) is 3.07. The molecule has 5 rings (SSSR count). The van der Waals surface area contributed by atoms with E-state index in [2.05, 4.69) is 78.9 Å². The van der Waals surface area contributed by atoms with Gasteiger partial charge in [-0.25, -0.2) is 0 Å². The molecular formula is C24H21Zr. The molecule has 0 spiro atoms. The fourth-order valence-electron chi connectivity index (χ4n) is 3.73. The summed E-state index contributed by atoms with van der Waals surface area (Å²) in [6, 6.07) is 28.7. The Morgan fingerprint density at radius 1 is 0.680 bits per heavy atom. The molecule has 0 aromatic heterocycles. The smallest absolute Gasteiger partial charge is 0.358 e. The summed E-state index contributed by atoms with van der Waals surface area (Å²) in [5.74, 6) is 0. The first kappa shape index (κ1) is 19.5. The Balaban J connectivity index is 0.000000751. The quantitative estimate of drug-likeness (QED) is 0.275. The minimum atomic E-state index is 0. The predicted octanol–water partition coefficient (Wildman–Crippen LogP) is 6.69. The molecule has 4 aromatic rings. The van der Waals surface area contributed by atoms with Crippen LogP contribution >= 0.6 is 0 Å². The van der Waals surface area contributed by atoms with E-state index in [4.69, 9.17) is 0 Å². The van der Waals surface area contributed by atoms with E-state index in [0.29, 0.717) is 0 Å². The summed E-state index contributed by atoms with van der Waals surface area (Å²) >= 11 is 0. The van der Waals surface area contributed by atoms with Crippen LogP contribution in [-0.4, -0.2) is 0 Å². The molecule has 0 N–H and O–H groups in total. The second-order valence-corrected chi connectivity index (χ2v) is 6.04. The number of hydrogen-bond acceptors (Lipinski definition) is 0. The Hall–Kier alpha value is -1.85. The summed E-state index contributed by atoms with van der Waals surface area (Å²) in [5, 5.41) is 2.65. The molecule has 1 aliphatic rings. The molecule has 0 amide bonds. The molecule has 1 aliphatic carbocycles. The van der Waals surface area contributed by atoms with Crippen molar-refractivity contribution in [1.82, 2.24) is 0 Å². The van der Waals surface area contributed by atoms with E-state index in [1.165, 1.54) is 44.2 Å². The standard InChI is InChI=1S/C22H15.2CH3.Zr/c1-2-7-16-13-18(12-15(16)6-1)20-10-5-11-21-19-9-4-3-8-17(19)14-22(20)21;;;/h1-13H,14H2;2*1H3;/q3*-1;+3. The number of hydrogen-bond donors (Lipinski definition) is 0. The van der Waals surface area contributed by atoms with Crippen molar-refractivity contribution in [3.05, 3.63) is 105 Å². The van der Waals surface area contributed by atoms with Gasteiger partial charge in [0.2, 0.25) is 0 Å². The van der Waals surface area contributed by atoms with E-state index >= 15 is 0 Å². The minimum Gasteiger partial charge on any atom is -0.358 e. The maximum Gasteiger partial charge on any atom is 3.00 e. The van der Waals surface area contributed by atoms with Gasteiger partial charge < -0.3 is 14.9 Å². The Morgan fingerprint density at radius 2 is 1.36 bits per heavy atom. The van der Waals surface area contributed by atoms with E-state index < -0.39 is 0 Å². The molecule has 4 aromatic carbocycles. The fraction of sp³-hybridized carbons (Fsp3) is 0.0417. The molecule has 0 bridgehead atoms. The van der Waals surface area contributed by atoms with Gasteiger partial charge in [0, 0.05) is 0 Å². The van der Waals surface area contributed by atoms with Gasteiger partial charge in [-0.05, 0) is 23.1 Å². The monoisotopic (exact) mass is 399 g/mol. The molecule has 25 heavy (non-hydrogen) atoms. The molecule has 0 nitrogen and oxygen atoms in total. The summed E-state index contributed by atoms with van der Waals surface area (Å²) in [6.07, 6.45) is 1.04. The first-order chi connectivity index (χ1) is 10.9. The van der Waals surface area contributed by atoms with Crippen LogP contribution in [0.15, 0.2) is 78.9 Å². The Labute approximate surface area is 170 Å². The van der Waals surface area contributed by atoms with Crippen LogP contribution in [0.3, 0.4) is 0 Å². The van der Waals surface area contributed by atoms with Crippen molar-refractivity contribution < 1.29 is 26.2 Å². The number of fused-ring (bicyclic) bond motifs is 4. The van der Waals surface area contributed by atoms with Gasteiger partial charge in [0.05, 0.1) is 0 Å². The largest absolute Gasteiger partial charge is 3.00 e. The van der Waals surface area contributed by atoms with Gasteiger partial charge in [-0.2, -0.15) is 0 Å². The van der Waals surface area contributed by atoms with Gasteiger partial charge in [0.25, 0.3) is 0 Å². The Bertz CT molecular complexity index is 974. The zero-order valence-corrected chi connectivity index (χ0v) is 17.2. The molecule has 0 fully saturated rings. The maximum absolute atomic E-state index is 2.31. The molecule has 0 aliphatic heterocycles. The van der Waals surface area contributed by atoms with Gasteiger partial charge in [-0.15, -0.1) is 34.5 Å². The maximum atomic E-state index is 2.31. The Morgan fingerprint density at radius 3 is 2.20 bits per heavy atom. The molecule has 1 radical (unpaired) electrons. The molecule has 1 heteroatoms. The second kappa shape index (κ2) is 7.58.